The van der Waals surface area contributed by atoms with Crippen molar-refractivity contribution in [2.45, 2.75) is 13.3 Å². The zero-order valence-corrected chi connectivity index (χ0v) is 6.83. The zero-order valence-electron chi connectivity index (χ0n) is 6.83. The number of hydrogen-bond donors (Lipinski definition) is 2. The number of aromatic amines is 1. The Morgan fingerprint density at radius 2 is 2.33 bits per heavy atom. The molecule has 2 rings (SSSR count). The van der Waals surface area contributed by atoms with Gasteiger partial charge in [0.25, 0.3) is 0 Å². The van der Waals surface area contributed by atoms with E-state index in [1.54, 1.807) is 0 Å². The van der Waals surface area contributed by atoms with E-state index in [1.165, 1.54) is 0 Å². The number of aryl methyl sites for hydroxylation is 1. The number of aromatic nitrogens is 3. The Morgan fingerprint density at radius 1 is 1.50 bits per heavy atom. The summed E-state index contributed by atoms with van der Waals surface area (Å²) in [6.45, 7) is 2.01. The highest BCUT2D eigenvalue weighted by atomic mass is 15.0. The van der Waals surface area contributed by atoms with Crippen LogP contribution in [-0.4, -0.2) is 15.0 Å². The third-order valence-electron chi connectivity index (χ3n) is 1.80. The Morgan fingerprint density at radius 3 is 3.08 bits per heavy atom. The molecule has 0 aromatic carbocycles. The molecule has 0 unspecified atom stereocenters. The van der Waals surface area contributed by atoms with Crippen LogP contribution in [0.25, 0.3) is 11.0 Å². The molecule has 12 heavy (non-hydrogen) atoms. The Labute approximate surface area is 69.8 Å². The smallest absolute Gasteiger partial charge is 0.151 e. The van der Waals surface area contributed by atoms with Gasteiger partial charge in [0.2, 0.25) is 0 Å². The Balaban J connectivity index is 2.75. The van der Waals surface area contributed by atoms with Crippen molar-refractivity contribution in [3.05, 3.63) is 18.1 Å². The summed E-state index contributed by atoms with van der Waals surface area (Å²) in [5.41, 5.74) is 7.41. The molecule has 0 saturated carbocycles. The largest absolute Gasteiger partial charge is 0.382 e. The topological polar surface area (TPSA) is 67.6 Å². The lowest BCUT2D eigenvalue weighted by atomic mass is 10.4. The lowest BCUT2D eigenvalue weighted by Crippen LogP contribution is -1.98. The second-order valence-electron chi connectivity index (χ2n) is 2.62. The molecule has 2 aromatic heterocycles. The average molecular weight is 162 g/mol. The van der Waals surface area contributed by atoms with Crippen molar-refractivity contribution in [2.75, 3.05) is 5.73 Å². The number of nitrogens with one attached hydrogen (secondary N) is 1. The maximum atomic E-state index is 5.69. The number of rotatable bonds is 1. The van der Waals surface area contributed by atoms with Gasteiger partial charge in [-0.15, -0.1) is 0 Å². The molecular weight excluding hydrogens is 152 g/mol. The summed E-state index contributed by atoms with van der Waals surface area (Å²) >= 11 is 0. The molecule has 0 aliphatic heterocycles. The van der Waals surface area contributed by atoms with Gasteiger partial charge in [-0.25, -0.2) is 9.97 Å². The maximum Gasteiger partial charge on any atom is 0.151 e. The van der Waals surface area contributed by atoms with Crippen LogP contribution in [0.3, 0.4) is 0 Å². The van der Waals surface area contributed by atoms with Crippen LogP contribution in [0.2, 0.25) is 0 Å². The minimum absolute atomic E-state index is 0.529. The molecular formula is C8H10N4. The predicted octanol–water partition coefficient (Wildman–Crippen LogP) is 1.10. The van der Waals surface area contributed by atoms with Crippen LogP contribution in [0.5, 0.6) is 0 Å². The number of hydrogen-bond acceptors (Lipinski definition) is 3. The molecule has 0 radical (unpaired) electrons. The Hall–Kier alpha value is -1.58. The molecule has 3 N–H and O–H groups in total. The average Bonchev–Trinajstić information content (AvgIpc) is 2.52. The summed E-state index contributed by atoms with van der Waals surface area (Å²) in [7, 11) is 0. The van der Waals surface area contributed by atoms with Crippen LogP contribution < -0.4 is 5.73 Å². The third-order valence-corrected chi connectivity index (χ3v) is 1.80. The van der Waals surface area contributed by atoms with E-state index in [2.05, 4.69) is 15.0 Å². The molecule has 0 amide bonds. The SMILES string of the molecule is CCc1nc(N)c2[nH]ccc2n1. The first-order chi connectivity index (χ1) is 5.81. The minimum Gasteiger partial charge on any atom is -0.382 e. The van der Waals surface area contributed by atoms with E-state index < -0.39 is 0 Å². The standard InChI is InChI=1S/C8H10N4/c1-2-6-11-5-3-4-10-7(5)8(9)12-6/h3-4,10H,2H2,1H3,(H2,9,11,12). The van der Waals surface area contributed by atoms with E-state index in [0.717, 1.165) is 23.3 Å². The molecule has 0 saturated heterocycles. The number of fused-ring (bicyclic) bond motifs is 1. The molecule has 0 bridgehead atoms. The van der Waals surface area contributed by atoms with Crippen LogP contribution in [0.15, 0.2) is 12.3 Å². The number of H-pyrrole nitrogens is 1. The van der Waals surface area contributed by atoms with Gasteiger partial charge in [-0.05, 0) is 6.07 Å². The summed E-state index contributed by atoms with van der Waals surface area (Å²) < 4.78 is 0. The normalized spacial score (nSPS) is 10.8. The highest BCUT2D eigenvalue weighted by molar-refractivity contribution is 5.84. The van der Waals surface area contributed by atoms with E-state index in [4.69, 9.17) is 5.73 Å². The fraction of sp³-hybridized carbons (Fsp3) is 0.250. The molecule has 0 fully saturated rings. The first-order valence-electron chi connectivity index (χ1n) is 3.90. The van der Waals surface area contributed by atoms with Crippen LogP contribution in [-0.2, 0) is 6.42 Å². The third kappa shape index (κ3) is 0.922. The molecule has 2 aromatic rings. The lowest BCUT2D eigenvalue weighted by molar-refractivity contribution is 0.965. The lowest BCUT2D eigenvalue weighted by Gasteiger charge is -1.98. The minimum atomic E-state index is 0.529. The number of anilines is 1. The Bertz CT molecular complexity index is 404. The fourth-order valence-corrected chi connectivity index (χ4v) is 1.18. The van der Waals surface area contributed by atoms with Crippen molar-refractivity contribution >= 4 is 16.9 Å². The van der Waals surface area contributed by atoms with Gasteiger partial charge in [0.1, 0.15) is 11.3 Å². The second kappa shape index (κ2) is 2.48. The van der Waals surface area contributed by atoms with Crippen molar-refractivity contribution in [2.24, 2.45) is 0 Å². The second-order valence-corrected chi connectivity index (χ2v) is 2.62. The van der Waals surface area contributed by atoms with Gasteiger partial charge in [-0.1, -0.05) is 6.92 Å². The van der Waals surface area contributed by atoms with Gasteiger partial charge < -0.3 is 10.7 Å². The molecule has 0 atom stereocenters. The van der Waals surface area contributed by atoms with Gasteiger partial charge >= 0.3 is 0 Å². The van der Waals surface area contributed by atoms with Crippen molar-refractivity contribution < 1.29 is 0 Å². The predicted molar refractivity (Wildman–Crippen MR) is 47.7 cm³/mol. The molecule has 4 heteroatoms. The van der Waals surface area contributed by atoms with Crippen LogP contribution in [0, 0.1) is 0 Å². The van der Waals surface area contributed by atoms with Crippen LogP contribution >= 0.6 is 0 Å². The molecule has 0 aliphatic rings. The maximum absolute atomic E-state index is 5.69. The number of nitrogens with two attached hydrogens (primary N) is 1. The highest BCUT2D eigenvalue weighted by Gasteiger charge is 2.03. The summed E-state index contributed by atoms with van der Waals surface area (Å²) in [5.74, 6) is 1.32. The van der Waals surface area contributed by atoms with Gasteiger partial charge in [0.15, 0.2) is 5.82 Å². The van der Waals surface area contributed by atoms with Crippen LogP contribution in [0.4, 0.5) is 5.82 Å². The van der Waals surface area contributed by atoms with E-state index in [9.17, 15) is 0 Å². The first kappa shape index (κ1) is 7.09. The van der Waals surface area contributed by atoms with Crippen molar-refractivity contribution in [1.29, 1.82) is 0 Å². The molecule has 62 valence electrons. The highest BCUT2D eigenvalue weighted by Crippen LogP contribution is 2.14. The summed E-state index contributed by atoms with van der Waals surface area (Å²) in [6, 6.07) is 1.90. The van der Waals surface area contributed by atoms with E-state index >= 15 is 0 Å². The monoisotopic (exact) mass is 162 g/mol. The van der Waals surface area contributed by atoms with Gasteiger partial charge in [-0.2, -0.15) is 0 Å². The van der Waals surface area contributed by atoms with E-state index in [-0.39, 0.29) is 0 Å². The summed E-state index contributed by atoms with van der Waals surface area (Å²) in [4.78, 5) is 11.4. The molecule has 4 nitrogen and oxygen atoms in total. The fourth-order valence-electron chi connectivity index (χ4n) is 1.18. The van der Waals surface area contributed by atoms with E-state index in [1.807, 2.05) is 19.2 Å². The summed E-state index contributed by atoms with van der Waals surface area (Å²) in [6.07, 6.45) is 2.63. The van der Waals surface area contributed by atoms with Gasteiger partial charge in [-0.3, -0.25) is 0 Å². The van der Waals surface area contributed by atoms with Gasteiger partial charge in [0, 0.05) is 12.6 Å². The zero-order chi connectivity index (χ0) is 8.55. The molecule has 0 spiro atoms. The molecule has 0 aliphatic carbocycles. The Kier molecular flexibility index (Phi) is 1.46. The molecule has 2 heterocycles. The number of nitrogens with zero attached hydrogens (tertiary/aromatic N) is 2. The van der Waals surface area contributed by atoms with Crippen molar-refractivity contribution in [3.8, 4) is 0 Å². The quantitative estimate of drug-likeness (QED) is 0.659. The van der Waals surface area contributed by atoms with Crippen molar-refractivity contribution in [1.82, 2.24) is 15.0 Å². The first-order valence-corrected chi connectivity index (χ1v) is 3.90. The number of nitrogen functional groups attached to an aromatic ring is 1. The van der Waals surface area contributed by atoms with Crippen molar-refractivity contribution in [3.63, 3.8) is 0 Å². The van der Waals surface area contributed by atoms with E-state index in [0.29, 0.717) is 5.82 Å². The summed E-state index contributed by atoms with van der Waals surface area (Å²) in [5, 5.41) is 0. The van der Waals surface area contributed by atoms with Gasteiger partial charge in [0.05, 0.1) is 5.52 Å². The van der Waals surface area contributed by atoms with Crippen LogP contribution in [0.1, 0.15) is 12.7 Å².